The molecule has 0 atom stereocenters. The van der Waals surface area contributed by atoms with Gasteiger partial charge in [-0.05, 0) is 18.2 Å². The average molecular weight is 238 g/mol. The van der Waals surface area contributed by atoms with Gasteiger partial charge in [-0.15, -0.1) is 0 Å². The van der Waals surface area contributed by atoms with Crippen molar-refractivity contribution < 1.29 is 17.9 Å². The first-order valence-corrected chi connectivity index (χ1v) is 4.92. The lowest BCUT2D eigenvalue weighted by Crippen LogP contribution is -1.95. The number of methoxy groups -OCH3 is 1. The predicted molar refractivity (Wildman–Crippen MR) is 58.3 cm³/mol. The summed E-state index contributed by atoms with van der Waals surface area (Å²) < 4.78 is 45.3. The van der Waals surface area contributed by atoms with Crippen molar-refractivity contribution in [1.82, 2.24) is 0 Å². The van der Waals surface area contributed by atoms with E-state index in [0.717, 1.165) is 6.07 Å². The molecule has 2 aromatic carbocycles. The zero-order chi connectivity index (χ0) is 12.4. The van der Waals surface area contributed by atoms with Crippen molar-refractivity contribution in [3.8, 4) is 16.9 Å². The predicted octanol–water partition coefficient (Wildman–Crippen LogP) is 3.78. The smallest absolute Gasteiger partial charge is 0.166 e. The van der Waals surface area contributed by atoms with Gasteiger partial charge in [0.15, 0.2) is 11.6 Å². The van der Waals surface area contributed by atoms with E-state index in [9.17, 15) is 13.2 Å². The maximum Gasteiger partial charge on any atom is 0.166 e. The van der Waals surface area contributed by atoms with Gasteiger partial charge in [-0.25, -0.2) is 13.2 Å². The molecule has 0 bridgehead atoms. The molecule has 0 aliphatic carbocycles. The Kier molecular flexibility index (Phi) is 3.04. The number of hydrogen-bond donors (Lipinski definition) is 0. The molecule has 17 heavy (non-hydrogen) atoms. The SMILES string of the molecule is COc1cccc(F)c1-c1cccc(F)c1F. The number of halogens is 3. The Balaban J connectivity index is 2.72. The minimum Gasteiger partial charge on any atom is -0.496 e. The quantitative estimate of drug-likeness (QED) is 0.773. The normalized spacial score (nSPS) is 10.4. The molecule has 2 rings (SSSR count). The van der Waals surface area contributed by atoms with E-state index in [1.54, 1.807) is 0 Å². The Labute approximate surface area is 96.5 Å². The summed E-state index contributed by atoms with van der Waals surface area (Å²) in [4.78, 5) is 0. The second-order valence-corrected chi connectivity index (χ2v) is 3.42. The molecular formula is C13H9F3O. The largest absolute Gasteiger partial charge is 0.496 e. The summed E-state index contributed by atoms with van der Waals surface area (Å²) in [5.41, 5.74) is -0.230. The maximum absolute atomic E-state index is 13.7. The molecule has 0 spiro atoms. The molecule has 0 fully saturated rings. The summed E-state index contributed by atoms with van der Waals surface area (Å²) >= 11 is 0. The molecule has 0 aromatic heterocycles. The van der Waals surface area contributed by atoms with Crippen molar-refractivity contribution in [2.75, 3.05) is 7.11 Å². The molecule has 1 nitrogen and oxygen atoms in total. The summed E-state index contributed by atoms with van der Waals surface area (Å²) in [6.45, 7) is 0. The van der Waals surface area contributed by atoms with Crippen molar-refractivity contribution in [2.45, 2.75) is 0 Å². The number of hydrogen-bond acceptors (Lipinski definition) is 1. The lowest BCUT2D eigenvalue weighted by atomic mass is 10.0. The first-order chi connectivity index (χ1) is 8.15. The maximum atomic E-state index is 13.7. The summed E-state index contributed by atoms with van der Waals surface area (Å²) in [6, 6.07) is 7.70. The van der Waals surface area contributed by atoms with Gasteiger partial charge in [0.25, 0.3) is 0 Å². The first kappa shape index (κ1) is 11.5. The van der Waals surface area contributed by atoms with Gasteiger partial charge in [0.1, 0.15) is 11.6 Å². The summed E-state index contributed by atoms with van der Waals surface area (Å²) in [7, 11) is 1.34. The van der Waals surface area contributed by atoms with Crippen LogP contribution in [-0.4, -0.2) is 7.11 Å². The summed E-state index contributed by atoms with van der Waals surface area (Å²) in [6.07, 6.45) is 0. The average Bonchev–Trinajstić information content (AvgIpc) is 2.33. The van der Waals surface area contributed by atoms with Crippen LogP contribution in [0.3, 0.4) is 0 Å². The molecule has 0 heterocycles. The minimum atomic E-state index is -1.09. The van der Waals surface area contributed by atoms with Gasteiger partial charge in [0.2, 0.25) is 0 Å². The van der Waals surface area contributed by atoms with Gasteiger partial charge in [-0.1, -0.05) is 18.2 Å². The zero-order valence-electron chi connectivity index (χ0n) is 9.01. The molecule has 0 saturated carbocycles. The van der Waals surface area contributed by atoms with E-state index in [2.05, 4.69) is 0 Å². The molecule has 0 aliphatic rings. The van der Waals surface area contributed by atoms with Crippen molar-refractivity contribution in [3.63, 3.8) is 0 Å². The standard InChI is InChI=1S/C13H9F3O/c1-17-11-7-3-5-9(14)12(11)8-4-2-6-10(15)13(8)16/h2-7H,1H3. The minimum absolute atomic E-state index is 0.0769. The number of rotatable bonds is 2. The van der Waals surface area contributed by atoms with E-state index in [1.807, 2.05) is 0 Å². The highest BCUT2D eigenvalue weighted by Crippen LogP contribution is 2.34. The Morgan fingerprint density at radius 2 is 1.53 bits per heavy atom. The lowest BCUT2D eigenvalue weighted by molar-refractivity contribution is 0.412. The highest BCUT2D eigenvalue weighted by atomic mass is 19.2. The first-order valence-electron chi connectivity index (χ1n) is 4.92. The van der Waals surface area contributed by atoms with Crippen LogP contribution in [0.1, 0.15) is 0 Å². The van der Waals surface area contributed by atoms with E-state index >= 15 is 0 Å². The highest BCUT2D eigenvalue weighted by Gasteiger charge is 2.17. The molecule has 4 heteroatoms. The van der Waals surface area contributed by atoms with Gasteiger partial charge in [-0.2, -0.15) is 0 Å². The van der Waals surface area contributed by atoms with Gasteiger partial charge >= 0.3 is 0 Å². The molecule has 2 aromatic rings. The summed E-state index contributed by atoms with van der Waals surface area (Å²) in [5.74, 6) is -2.60. The van der Waals surface area contributed by atoms with Crippen LogP contribution in [0.5, 0.6) is 5.75 Å². The Bertz CT molecular complexity index is 552. The molecule has 0 amide bonds. The van der Waals surface area contributed by atoms with Crippen LogP contribution in [0.15, 0.2) is 36.4 Å². The lowest BCUT2D eigenvalue weighted by Gasteiger charge is -2.10. The third-order valence-corrected chi connectivity index (χ3v) is 2.42. The Hall–Kier alpha value is -1.97. The van der Waals surface area contributed by atoms with E-state index in [-0.39, 0.29) is 16.9 Å². The van der Waals surface area contributed by atoms with Crippen LogP contribution < -0.4 is 4.74 Å². The second-order valence-electron chi connectivity index (χ2n) is 3.42. The van der Waals surface area contributed by atoms with Crippen LogP contribution in [0.4, 0.5) is 13.2 Å². The van der Waals surface area contributed by atoms with Gasteiger partial charge in [0, 0.05) is 5.56 Å². The van der Waals surface area contributed by atoms with Crippen molar-refractivity contribution in [3.05, 3.63) is 53.8 Å². The van der Waals surface area contributed by atoms with Crippen LogP contribution in [0, 0.1) is 17.5 Å². The molecule has 0 N–H and O–H groups in total. The van der Waals surface area contributed by atoms with E-state index in [0.29, 0.717) is 0 Å². The van der Waals surface area contributed by atoms with Gasteiger partial charge in [0.05, 0.1) is 12.7 Å². The van der Waals surface area contributed by atoms with Crippen molar-refractivity contribution >= 4 is 0 Å². The Morgan fingerprint density at radius 1 is 0.882 bits per heavy atom. The fourth-order valence-corrected chi connectivity index (χ4v) is 1.63. The molecule has 0 saturated heterocycles. The summed E-state index contributed by atoms with van der Waals surface area (Å²) in [5, 5.41) is 0. The van der Waals surface area contributed by atoms with E-state index < -0.39 is 17.5 Å². The van der Waals surface area contributed by atoms with Gasteiger partial charge in [-0.3, -0.25) is 0 Å². The van der Waals surface area contributed by atoms with Crippen LogP contribution in [-0.2, 0) is 0 Å². The molecule has 0 aliphatic heterocycles. The molecule has 0 radical (unpaired) electrons. The van der Waals surface area contributed by atoms with Crippen molar-refractivity contribution in [1.29, 1.82) is 0 Å². The Morgan fingerprint density at radius 3 is 2.24 bits per heavy atom. The van der Waals surface area contributed by atoms with Crippen LogP contribution in [0.25, 0.3) is 11.1 Å². The molecule has 0 unspecified atom stereocenters. The van der Waals surface area contributed by atoms with E-state index in [4.69, 9.17) is 4.74 Å². The molecular weight excluding hydrogens is 229 g/mol. The number of benzene rings is 2. The van der Waals surface area contributed by atoms with Crippen molar-refractivity contribution in [2.24, 2.45) is 0 Å². The number of ether oxygens (including phenoxy) is 1. The van der Waals surface area contributed by atoms with E-state index in [1.165, 1.54) is 37.4 Å². The third-order valence-electron chi connectivity index (χ3n) is 2.42. The molecule has 88 valence electrons. The fraction of sp³-hybridized carbons (Fsp3) is 0.0769. The van der Waals surface area contributed by atoms with Gasteiger partial charge < -0.3 is 4.74 Å². The second kappa shape index (κ2) is 4.49. The topological polar surface area (TPSA) is 9.23 Å². The monoisotopic (exact) mass is 238 g/mol. The van der Waals surface area contributed by atoms with Crippen LogP contribution in [0.2, 0.25) is 0 Å². The van der Waals surface area contributed by atoms with Crippen LogP contribution >= 0.6 is 0 Å². The third kappa shape index (κ3) is 1.98. The highest BCUT2D eigenvalue weighted by molar-refractivity contribution is 5.71. The zero-order valence-corrected chi connectivity index (χ0v) is 9.01. The fourth-order valence-electron chi connectivity index (χ4n) is 1.63.